The molecule has 0 aliphatic carbocycles. The van der Waals surface area contributed by atoms with Crippen LogP contribution in [0.2, 0.25) is 0 Å². The van der Waals surface area contributed by atoms with E-state index in [0.29, 0.717) is 30.2 Å². The lowest BCUT2D eigenvalue weighted by Gasteiger charge is -2.38. The first kappa shape index (κ1) is 16.0. The minimum Gasteiger partial charge on any atom is -0.497 e. The Morgan fingerprint density at radius 2 is 2.15 bits per heavy atom. The molecule has 1 aliphatic rings. The van der Waals surface area contributed by atoms with Gasteiger partial charge in [0.25, 0.3) is 5.91 Å². The second-order valence-electron chi connectivity index (χ2n) is 6.08. The maximum atomic E-state index is 12.6. The molecule has 1 fully saturated rings. The van der Waals surface area contributed by atoms with Gasteiger partial charge in [0.15, 0.2) is 0 Å². The normalized spacial score (nSPS) is 13.9. The largest absolute Gasteiger partial charge is 0.497 e. The molecule has 0 spiro atoms. The van der Waals surface area contributed by atoms with Gasteiger partial charge in [-0.15, -0.1) is 0 Å². The highest BCUT2D eigenvalue weighted by molar-refractivity contribution is 5.98. The number of carbonyl (C=O) groups is 1. The number of aromatic amines is 1. The van der Waals surface area contributed by atoms with Crippen LogP contribution in [0.1, 0.15) is 16.1 Å². The van der Waals surface area contributed by atoms with Gasteiger partial charge in [0.05, 0.1) is 31.8 Å². The van der Waals surface area contributed by atoms with Gasteiger partial charge < -0.3 is 19.4 Å². The molecule has 0 atom stereocenters. The first-order valence-corrected chi connectivity index (χ1v) is 8.15. The Hall–Kier alpha value is -3.53. The van der Waals surface area contributed by atoms with E-state index in [4.69, 9.17) is 14.7 Å². The van der Waals surface area contributed by atoms with Gasteiger partial charge in [0.2, 0.25) is 5.88 Å². The zero-order valence-corrected chi connectivity index (χ0v) is 14.1. The number of methoxy groups -OCH3 is 1. The van der Waals surface area contributed by atoms with Gasteiger partial charge in [-0.25, -0.2) is 4.98 Å². The van der Waals surface area contributed by atoms with Crippen LogP contribution < -0.4 is 9.47 Å². The number of nitriles is 1. The number of fused-ring (bicyclic) bond motifs is 1. The number of aromatic nitrogens is 2. The fourth-order valence-electron chi connectivity index (χ4n) is 2.91. The molecule has 2 aromatic heterocycles. The Balaban J connectivity index is 1.40. The van der Waals surface area contributed by atoms with Crippen LogP contribution in [0.15, 0.2) is 42.6 Å². The zero-order chi connectivity index (χ0) is 18.1. The molecule has 26 heavy (non-hydrogen) atoms. The van der Waals surface area contributed by atoms with Crippen molar-refractivity contribution in [3.63, 3.8) is 0 Å². The molecule has 1 aliphatic heterocycles. The molecule has 0 unspecified atom stereocenters. The van der Waals surface area contributed by atoms with Gasteiger partial charge in [-0.2, -0.15) is 5.26 Å². The number of carbonyl (C=O) groups excluding carboxylic acids is 1. The fraction of sp³-hybridized carbons (Fsp3) is 0.211. The number of nitrogens with one attached hydrogen (secondary N) is 1. The molecule has 130 valence electrons. The molecule has 0 bridgehead atoms. The van der Waals surface area contributed by atoms with Gasteiger partial charge in [-0.05, 0) is 24.3 Å². The number of hydrogen-bond acceptors (Lipinski definition) is 5. The summed E-state index contributed by atoms with van der Waals surface area (Å²) in [5.74, 6) is 1.07. The van der Waals surface area contributed by atoms with Crippen molar-refractivity contribution in [2.24, 2.45) is 0 Å². The van der Waals surface area contributed by atoms with E-state index in [1.54, 1.807) is 24.1 Å². The second-order valence-corrected chi connectivity index (χ2v) is 6.08. The molecule has 7 nitrogen and oxygen atoms in total. The number of nitrogens with zero attached hydrogens (tertiary/aromatic N) is 3. The lowest BCUT2D eigenvalue weighted by atomic mass is 10.1. The average molecular weight is 348 g/mol. The third kappa shape index (κ3) is 2.93. The predicted octanol–water partition coefficient (Wildman–Crippen LogP) is 2.35. The summed E-state index contributed by atoms with van der Waals surface area (Å²) < 4.78 is 10.9. The molecule has 0 saturated carbocycles. The Bertz CT molecular complexity index is 1020. The molecule has 7 heteroatoms. The van der Waals surface area contributed by atoms with Crippen molar-refractivity contribution in [1.29, 1.82) is 5.26 Å². The average Bonchev–Trinajstić information content (AvgIpc) is 3.07. The summed E-state index contributed by atoms with van der Waals surface area (Å²) in [4.78, 5) is 21.5. The molecule has 0 radical (unpaired) electrons. The molecule has 1 saturated heterocycles. The third-order valence-corrected chi connectivity index (χ3v) is 4.35. The number of rotatable bonds is 4. The van der Waals surface area contributed by atoms with Crippen molar-refractivity contribution in [1.82, 2.24) is 14.9 Å². The van der Waals surface area contributed by atoms with Crippen molar-refractivity contribution in [3.8, 4) is 17.7 Å². The van der Waals surface area contributed by atoms with Gasteiger partial charge in [-0.3, -0.25) is 4.79 Å². The lowest BCUT2D eigenvalue weighted by Crippen LogP contribution is -2.56. The Morgan fingerprint density at radius 3 is 2.92 bits per heavy atom. The summed E-state index contributed by atoms with van der Waals surface area (Å²) in [5.41, 5.74) is 1.89. The monoisotopic (exact) mass is 348 g/mol. The highest BCUT2D eigenvalue weighted by atomic mass is 16.5. The highest BCUT2D eigenvalue weighted by Gasteiger charge is 2.33. The van der Waals surface area contributed by atoms with Crippen molar-refractivity contribution >= 4 is 16.8 Å². The van der Waals surface area contributed by atoms with E-state index >= 15 is 0 Å². The molecular formula is C19H16N4O3. The van der Waals surface area contributed by atoms with Gasteiger partial charge in [0, 0.05) is 29.2 Å². The smallest absolute Gasteiger partial charge is 0.270 e. The van der Waals surface area contributed by atoms with Crippen molar-refractivity contribution < 1.29 is 14.3 Å². The SMILES string of the molecule is COc1ccc2cc(C(=O)N3CC(Oc4cc(C#N)ccn4)C3)[nH]c2c1. The minimum atomic E-state index is -0.120. The van der Waals surface area contributed by atoms with Crippen LogP contribution in [-0.2, 0) is 0 Å². The van der Waals surface area contributed by atoms with Crippen LogP contribution in [0.3, 0.4) is 0 Å². The quantitative estimate of drug-likeness (QED) is 0.781. The number of ether oxygens (including phenoxy) is 2. The number of H-pyrrole nitrogens is 1. The van der Waals surface area contributed by atoms with Crippen molar-refractivity contribution in [2.45, 2.75) is 6.10 Å². The van der Waals surface area contributed by atoms with E-state index in [0.717, 1.165) is 16.7 Å². The molecular weight excluding hydrogens is 332 g/mol. The molecule has 1 aromatic carbocycles. The first-order valence-electron chi connectivity index (χ1n) is 8.15. The van der Waals surface area contributed by atoms with Crippen LogP contribution in [0, 0.1) is 11.3 Å². The number of pyridine rings is 1. The van der Waals surface area contributed by atoms with Gasteiger partial charge in [0.1, 0.15) is 17.5 Å². The van der Waals surface area contributed by atoms with Crippen LogP contribution in [0.5, 0.6) is 11.6 Å². The lowest BCUT2D eigenvalue weighted by molar-refractivity contribution is 0.0156. The minimum absolute atomic E-state index is 0.0706. The second kappa shape index (κ2) is 6.41. The first-order chi connectivity index (χ1) is 12.7. The maximum Gasteiger partial charge on any atom is 0.270 e. The third-order valence-electron chi connectivity index (χ3n) is 4.35. The Morgan fingerprint density at radius 1 is 1.31 bits per heavy atom. The van der Waals surface area contributed by atoms with Crippen LogP contribution in [-0.4, -0.2) is 47.1 Å². The molecule has 1 amide bonds. The van der Waals surface area contributed by atoms with E-state index in [1.165, 1.54) is 6.20 Å². The molecule has 4 rings (SSSR count). The molecule has 1 N–H and O–H groups in total. The van der Waals surface area contributed by atoms with Crippen LogP contribution in [0.4, 0.5) is 0 Å². The standard InChI is InChI=1S/C19H16N4O3/c1-25-14-3-2-13-7-17(22-16(13)8-14)19(24)23-10-15(11-23)26-18-6-12(9-20)4-5-21-18/h2-8,15,22H,10-11H2,1H3. The number of benzene rings is 1. The summed E-state index contributed by atoms with van der Waals surface area (Å²) in [6.07, 6.45) is 1.42. The topological polar surface area (TPSA) is 91.2 Å². The van der Waals surface area contributed by atoms with Crippen LogP contribution >= 0.6 is 0 Å². The van der Waals surface area contributed by atoms with E-state index in [2.05, 4.69) is 9.97 Å². The van der Waals surface area contributed by atoms with Crippen molar-refractivity contribution in [3.05, 3.63) is 53.9 Å². The Labute approximate surface area is 149 Å². The zero-order valence-electron chi connectivity index (χ0n) is 14.1. The summed E-state index contributed by atoms with van der Waals surface area (Å²) in [7, 11) is 1.61. The summed E-state index contributed by atoms with van der Waals surface area (Å²) in [6.45, 7) is 0.964. The highest BCUT2D eigenvalue weighted by Crippen LogP contribution is 2.24. The predicted molar refractivity (Wildman–Crippen MR) is 94.1 cm³/mol. The van der Waals surface area contributed by atoms with Crippen LogP contribution in [0.25, 0.3) is 10.9 Å². The van der Waals surface area contributed by atoms with Gasteiger partial charge in [-0.1, -0.05) is 0 Å². The fourth-order valence-corrected chi connectivity index (χ4v) is 2.91. The van der Waals surface area contributed by atoms with E-state index in [9.17, 15) is 4.79 Å². The maximum absolute atomic E-state index is 12.6. The van der Waals surface area contributed by atoms with Crippen molar-refractivity contribution in [2.75, 3.05) is 20.2 Å². The number of amides is 1. The van der Waals surface area contributed by atoms with E-state index in [-0.39, 0.29) is 12.0 Å². The van der Waals surface area contributed by atoms with Gasteiger partial charge >= 0.3 is 0 Å². The summed E-state index contributed by atoms with van der Waals surface area (Å²) >= 11 is 0. The molecule has 3 heterocycles. The summed E-state index contributed by atoms with van der Waals surface area (Å²) in [6, 6.07) is 12.7. The Kier molecular flexibility index (Phi) is 3.93. The number of likely N-dealkylation sites (tertiary alicyclic amines) is 1. The number of hydrogen-bond donors (Lipinski definition) is 1. The summed E-state index contributed by atoms with van der Waals surface area (Å²) in [5, 5.41) is 9.86. The molecule has 3 aromatic rings. The van der Waals surface area contributed by atoms with E-state index < -0.39 is 0 Å². The van der Waals surface area contributed by atoms with E-state index in [1.807, 2.05) is 30.3 Å².